The molecular formula is C59H37N5. The lowest BCUT2D eigenvalue weighted by Gasteiger charge is -2.20. The third-order valence-corrected chi connectivity index (χ3v) is 12.4. The number of aromatic nitrogens is 4. The molecule has 0 N–H and O–H groups in total. The van der Waals surface area contributed by atoms with Crippen LogP contribution in [0.3, 0.4) is 0 Å². The number of nitrogens with zero attached hydrogens (tertiary/aromatic N) is 5. The monoisotopic (exact) mass is 815 g/mol. The number of para-hydroxylation sites is 4. The van der Waals surface area contributed by atoms with Gasteiger partial charge in [-0.25, -0.2) is 9.97 Å². The molecule has 0 aliphatic carbocycles. The van der Waals surface area contributed by atoms with Gasteiger partial charge in [0.15, 0.2) is 5.82 Å². The summed E-state index contributed by atoms with van der Waals surface area (Å²) in [5.74, 6) is 0.671. The first-order valence-corrected chi connectivity index (χ1v) is 21.5. The van der Waals surface area contributed by atoms with Gasteiger partial charge in [0.05, 0.1) is 56.5 Å². The maximum Gasteiger partial charge on any atom is 0.160 e. The minimum absolute atomic E-state index is 0.638. The lowest BCUT2D eigenvalue weighted by molar-refractivity contribution is 1.15. The average Bonchev–Trinajstić information content (AvgIpc) is 3.89. The van der Waals surface area contributed by atoms with Crippen LogP contribution >= 0.6 is 0 Å². The topological polar surface area (TPSA) is 59.4 Å². The van der Waals surface area contributed by atoms with Gasteiger partial charge in [0.1, 0.15) is 0 Å². The highest BCUT2D eigenvalue weighted by Gasteiger charge is 2.22. The van der Waals surface area contributed by atoms with Crippen LogP contribution in [0.1, 0.15) is 5.56 Å². The van der Waals surface area contributed by atoms with Gasteiger partial charge in [-0.15, -0.1) is 0 Å². The van der Waals surface area contributed by atoms with E-state index in [1.807, 2.05) is 42.5 Å². The van der Waals surface area contributed by atoms with Gasteiger partial charge in [0, 0.05) is 49.4 Å². The van der Waals surface area contributed by atoms with Gasteiger partial charge in [-0.1, -0.05) is 164 Å². The Kier molecular flexibility index (Phi) is 8.81. The van der Waals surface area contributed by atoms with Crippen LogP contribution in [-0.4, -0.2) is 19.1 Å². The first kappa shape index (κ1) is 37.0. The molecule has 9 aromatic carbocycles. The number of rotatable bonds is 7. The van der Waals surface area contributed by atoms with Gasteiger partial charge >= 0.3 is 0 Å². The lowest BCUT2D eigenvalue weighted by Crippen LogP contribution is -2.02. The molecule has 5 heteroatoms. The Balaban J connectivity index is 1.15. The Bertz CT molecular complexity index is 3690. The van der Waals surface area contributed by atoms with Crippen molar-refractivity contribution in [2.24, 2.45) is 0 Å². The Morgan fingerprint density at radius 2 is 0.828 bits per heavy atom. The Morgan fingerprint density at radius 1 is 0.328 bits per heavy atom. The standard InChI is InChI=1S/C59H37N5/c60-38-39-16-15-21-42(34-39)43-31-33-57-50(35-43)48-25-10-14-29-56(48)64(57)58-36-44(52-37-51(40-17-3-1-4-18-40)61-59(62-52)41-19-5-2-6-20-41)30-32-49(58)47-24-9-13-28-55(47)63-53-26-11-7-22-45(53)46-23-8-12-27-54(46)63/h1-37H. The molecule has 0 bridgehead atoms. The summed E-state index contributed by atoms with van der Waals surface area (Å²) in [5, 5.41) is 14.4. The summed E-state index contributed by atoms with van der Waals surface area (Å²) in [4.78, 5) is 10.4. The van der Waals surface area contributed by atoms with Crippen molar-refractivity contribution < 1.29 is 0 Å². The van der Waals surface area contributed by atoms with Gasteiger partial charge in [-0.2, -0.15) is 5.26 Å². The normalized spacial score (nSPS) is 11.4. The summed E-state index contributed by atoms with van der Waals surface area (Å²) in [6.07, 6.45) is 0. The van der Waals surface area contributed by atoms with E-state index in [1.54, 1.807) is 0 Å². The van der Waals surface area contributed by atoms with Crippen LogP contribution in [0.15, 0.2) is 224 Å². The molecule has 0 saturated carbocycles. The number of hydrogen-bond donors (Lipinski definition) is 0. The number of nitriles is 1. The fraction of sp³-hybridized carbons (Fsp3) is 0. The fourth-order valence-corrected chi connectivity index (χ4v) is 9.43. The van der Waals surface area contributed by atoms with Crippen LogP contribution in [0.5, 0.6) is 0 Å². The SMILES string of the molecule is N#Cc1cccc(-c2ccc3c(c2)c2ccccc2n3-c2cc(-c3cc(-c4ccccc4)nc(-c4ccccc4)n3)ccc2-c2ccccc2-n2c3ccccc3c3ccccc32)c1. The predicted octanol–water partition coefficient (Wildman–Crippen LogP) is 14.9. The first-order valence-electron chi connectivity index (χ1n) is 21.5. The molecule has 0 radical (unpaired) electrons. The van der Waals surface area contributed by atoms with Gasteiger partial charge in [0.25, 0.3) is 0 Å². The zero-order valence-corrected chi connectivity index (χ0v) is 34.6. The van der Waals surface area contributed by atoms with Gasteiger partial charge in [-0.05, 0) is 71.8 Å². The van der Waals surface area contributed by atoms with E-state index in [0.717, 1.165) is 94.5 Å². The molecule has 0 saturated heterocycles. The van der Waals surface area contributed by atoms with E-state index in [0.29, 0.717) is 11.4 Å². The molecule has 0 aliphatic heterocycles. The summed E-state index contributed by atoms with van der Waals surface area (Å²) in [6.45, 7) is 0. The zero-order valence-electron chi connectivity index (χ0n) is 34.6. The molecular weight excluding hydrogens is 779 g/mol. The second-order valence-corrected chi connectivity index (χ2v) is 16.1. The Labute approximate surface area is 370 Å². The van der Waals surface area contributed by atoms with Crippen molar-refractivity contribution in [1.82, 2.24) is 19.1 Å². The summed E-state index contributed by atoms with van der Waals surface area (Å²) in [5.41, 5.74) is 16.1. The van der Waals surface area contributed by atoms with E-state index in [4.69, 9.17) is 9.97 Å². The van der Waals surface area contributed by atoms with Crippen LogP contribution in [0, 0.1) is 11.3 Å². The predicted molar refractivity (Wildman–Crippen MR) is 263 cm³/mol. The first-order chi connectivity index (χ1) is 31.7. The van der Waals surface area contributed by atoms with Crippen molar-refractivity contribution in [2.45, 2.75) is 0 Å². The highest BCUT2D eigenvalue weighted by molar-refractivity contribution is 6.12. The molecule has 298 valence electrons. The molecule has 0 fully saturated rings. The molecule has 5 nitrogen and oxygen atoms in total. The summed E-state index contributed by atoms with van der Waals surface area (Å²) < 4.78 is 4.83. The van der Waals surface area contributed by atoms with E-state index in [2.05, 4.69) is 197 Å². The molecule has 12 rings (SSSR count). The number of fused-ring (bicyclic) bond motifs is 6. The Morgan fingerprint density at radius 3 is 1.52 bits per heavy atom. The van der Waals surface area contributed by atoms with E-state index in [9.17, 15) is 5.26 Å². The van der Waals surface area contributed by atoms with Crippen molar-refractivity contribution in [2.75, 3.05) is 0 Å². The maximum absolute atomic E-state index is 9.74. The smallest absolute Gasteiger partial charge is 0.160 e. The quantitative estimate of drug-likeness (QED) is 0.161. The molecule has 0 atom stereocenters. The van der Waals surface area contributed by atoms with Crippen molar-refractivity contribution in [3.05, 3.63) is 230 Å². The van der Waals surface area contributed by atoms with Crippen molar-refractivity contribution in [3.8, 4) is 73.6 Å². The van der Waals surface area contributed by atoms with Crippen molar-refractivity contribution in [1.29, 1.82) is 5.26 Å². The summed E-state index contributed by atoms with van der Waals surface area (Å²) in [6, 6.07) is 81.0. The largest absolute Gasteiger partial charge is 0.309 e. The molecule has 0 amide bonds. The third kappa shape index (κ3) is 6.16. The molecule has 3 aromatic heterocycles. The van der Waals surface area contributed by atoms with Crippen LogP contribution in [0.2, 0.25) is 0 Å². The highest BCUT2D eigenvalue weighted by atomic mass is 15.0. The summed E-state index contributed by atoms with van der Waals surface area (Å²) in [7, 11) is 0. The molecule has 0 aliphatic rings. The molecule has 0 spiro atoms. The lowest BCUT2D eigenvalue weighted by atomic mass is 9.97. The Hall–Kier alpha value is -8.85. The van der Waals surface area contributed by atoms with Gasteiger partial charge < -0.3 is 9.13 Å². The van der Waals surface area contributed by atoms with E-state index in [-0.39, 0.29) is 0 Å². The highest BCUT2D eigenvalue weighted by Crippen LogP contribution is 2.43. The minimum Gasteiger partial charge on any atom is -0.309 e. The minimum atomic E-state index is 0.638. The third-order valence-electron chi connectivity index (χ3n) is 12.4. The second kappa shape index (κ2) is 15.3. The van der Waals surface area contributed by atoms with Gasteiger partial charge in [0.2, 0.25) is 0 Å². The summed E-state index contributed by atoms with van der Waals surface area (Å²) >= 11 is 0. The number of benzene rings is 9. The maximum atomic E-state index is 9.74. The average molecular weight is 816 g/mol. The van der Waals surface area contributed by atoms with Crippen LogP contribution in [0.25, 0.3) is 111 Å². The second-order valence-electron chi connectivity index (χ2n) is 16.1. The van der Waals surface area contributed by atoms with E-state index >= 15 is 0 Å². The van der Waals surface area contributed by atoms with E-state index in [1.165, 1.54) is 10.8 Å². The van der Waals surface area contributed by atoms with Crippen LogP contribution < -0.4 is 0 Å². The van der Waals surface area contributed by atoms with Crippen LogP contribution in [0.4, 0.5) is 0 Å². The van der Waals surface area contributed by atoms with Gasteiger partial charge in [-0.3, -0.25) is 0 Å². The molecule has 3 heterocycles. The molecule has 0 unspecified atom stereocenters. The molecule has 64 heavy (non-hydrogen) atoms. The van der Waals surface area contributed by atoms with E-state index < -0.39 is 0 Å². The van der Waals surface area contributed by atoms with Crippen LogP contribution in [-0.2, 0) is 0 Å². The zero-order chi connectivity index (χ0) is 42.6. The fourth-order valence-electron chi connectivity index (χ4n) is 9.43. The molecule has 12 aromatic rings. The number of hydrogen-bond acceptors (Lipinski definition) is 3. The van der Waals surface area contributed by atoms with Crippen molar-refractivity contribution in [3.63, 3.8) is 0 Å². The van der Waals surface area contributed by atoms with Crippen molar-refractivity contribution >= 4 is 43.6 Å².